The van der Waals surface area contributed by atoms with Crippen molar-refractivity contribution in [3.63, 3.8) is 0 Å². The molecule has 1 aromatic heterocycles. The molecule has 1 aromatic carbocycles. The zero-order chi connectivity index (χ0) is 13.2. The first-order valence-corrected chi connectivity index (χ1v) is 6.47. The van der Waals surface area contributed by atoms with Crippen molar-refractivity contribution in [1.82, 2.24) is 19.9 Å². The summed E-state index contributed by atoms with van der Waals surface area (Å²) in [7, 11) is 0. The van der Waals surface area contributed by atoms with Gasteiger partial charge in [0.2, 0.25) is 0 Å². The molecule has 1 aliphatic rings. The van der Waals surface area contributed by atoms with Gasteiger partial charge in [-0.25, -0.2) is 0 Å². The molecule has 19 heavy (non-hydrogen) atoms. The zero-order valence-electron chi connectivity index (χ0n) is 10.6. The van der Waals surface area contributed by atoms with Gasteiger partial charge in [-0.05, 0) is 25.0 Å². The molecule has 2 aromatic rings. The predicted molar refractivity (Wildman–Crippen MR) is 70.6 cm³/mol. The van der Waals surface area contributed by atoms with Crippen molar-refractivity contribution in [2.45, 2.75) is 25.6 Å². The second kappa shape index (κ2) is 5.07. The number of aromatic nitrogens is 3. The lowest BCUT2D eigenvalue weighted by Gasteiger charge is -2.29. The summed E-state index contributed by atoms with van der Waals surface area (Å²) in [5, 5.41) is 18.2. The van der Waals surface area contributed by atoms with Crippen LogP contribution in [0, 0.1) is 0 Å². The fourth-order valence-electron chi connectivity index (χ4n) is 2.47. The highest BCUT2D eigenvalue weighted by Crippen LogP contribution is 2.10. The molecule has 0 saturated carbocycles. The molecule has 1 N–H and O–H groups in total. The Morgan fingerprint density at radius 1 is 1.37 bits per heavy atom. The van der Waals surface area contributed by atoms with Gasteiger partial charge >= 0.3 is 0 Å². The van der Waals surface area contributed by atoms with Gasteiger partial charge in [-0.3, -0.25) is 9.69 Å². The van der Waals surface area contributed by atoms with E-state index in [1.807, 2.05) is 17.0 Å². The smallest absolute Gasteiger partial charge is 0.278 e. The molecule has 6 heteroatoms. The van der Waals surface area contributed by atoms with E-state index in [-0.39, 0.29) is 11.7 Å². The van der Waals surface area contributed by atoms with E-state index in [4.69, 9.17) is 0 Å². The first-order chi connectivity index (χ1) is 9.24. The van der Waals surface area contributed by atoms with Crippen molar-refractivity contribution in [2.24, 2.45) is 0 Å². The first-order valence-electron chi connectivity index (χ1n) is 6.47. The van der Waals surface area contributed by atoms with Gasteiger partial charge in [-0.15, -0.1) is 5.10 Å². The number of hydrogen-bond acceptors (Lipinski definition) is 5. The normalized spacial score (nSPS) is 20.8. The summed E-state index contributed by atoms with van der Waals surface area (Å²) in [6.45, 7) is 1.84. The van der Waals surface area contributed by atoms with E-state index in [9.17, 15) is 9.90 Å². The van der Waals surface area contributed by atoms with Crippen LogP contribution in [0.3, 0.4) is 0 Å². The topological polar surface area (TPSA) is 71.2 Å². The minimum Gasteiger partial charge on any atom is -0.392 e. The van der Waals surface area contributed by atoms with Crippen LogP contribution in [0.25, 0.3) is 10.9 Å². The number of aliphatic hydroxyl groups excluding tert-OH is 1. The Morgan fingerprint density at radius 2 is 2.21 bits per heavy atom. The molecule has 1 fully saturated rings. The van der Waals surface area contributed by atoms with Gasteiger partial charge in [-0.1, -0.05) is 17.3 Å². The van der Waals surface area contributed by atoms with Gasteiger partial charge in [0.15, 0.2) is 0 Å². The average Bonchev–Trinajstić information content (AvgIpc) is 2.42. The second-order valence-corrected chi connectivity index (χ2v) is 4.93. The Labute approximate surface area is 110 Å². The van der Waals surface area contributed by atoms with Crippen LogP contribution in [-0.2, 0) is 6.67 Å². The van der Waals surface area contributed by atoms with Crippen LogP contribution >= 0.6 is 0 Å². The van der Waals surface area contributed by atoms with Crippen molar-refractivity contribution in [3.05, 3.63) is 34.6 Å². The number of β-amino-alcohol motifs (C(OH)–C–C–N with tert-alkyl or cyclic N) is 1. The van der Waals surface area contributed by atoms with E-state index in [0.717, 1.165) is 19.4 Å². The van der Waals surface area contributed by atoms with Crippen LogP contribution < -0.4 is 5.56 Å². The Balaban J connectivity index is 1.89. The fraction of sp³-hybridized carbons (Fsp3) is 0.462. The van der Waals surface area contributed by atoms with Crippen molar-refractivity contribution in [2.75, 3.05) is 13.1 Å². The number of nitrogens with zero attached hydrogens (tertiary/aromatic N) is 4. The Bertz CT molecular complexity index is 640. The zero-order valence-corrected chi connectivity index (χ0v) is 10.6. The number of likely N-dealkylation sites (tertiary alicyclic amines) is 1. The number of aliphatic hydroxyl groups is 1. The van der Waals surface area contributed by atoms with E-state index >= 15 is 0 Å². The molecule has 0 amide bonds. The van der Waals surface area contributed by atoms with Gasteiger partial charge in [0.05, 0.1) is 18.2 Å². The molecule has 1 atom stereocenters. The summed E-state index contributed by atoms with van der Waals surface area (Å²) in [6, 6.07) is 7.19. The maximum Gasteiger partial charge on any atom is 0.278 e. The van der Waals surface area contributed by atoms with Crippen LogP contribution in [-0.4, -0.2) is 44.2 Å². The van der Waals surface area contributed by atoms with E-state index in [1.54, 1.807) is 12.1 Å². The van der Waals surface area contributed by atoms with Crippen LogP contribution in [0.4, 0.5) is 0 Å². The third kappa shape index (κ3) is 2.50. The SMILES string of the molecule is O=c1c2ccccc2nnn1CN1CCC[C@@H](O)C1. The number of benzene rings is 1. The predicted octanol–water partition coefficient (Wildman–Crippen LogP) is 0.206. The lowest BCUT2D eigenvalue weighted by atomic mass is 10.1. The molecule has 3 rings (SSSR count). The Morgan fingerprint density at radius 3 is 3.05 bits per heavy atom. The van der Waals surface area contributed by atoms with E-state index in [2.05, 4.69) is 10.3 Å². The van der Waals surface area contributed by atoms with Gasteiger partial charge in [0.25, 0.3) is 5.56 Å². The minimum absolute atomic E-state index is 0.134. The lowest BCUT2D eigenvalue weighted by Crippen LogP contribution is -2.42. The summed E-state index contributed by atoms with van der Waals surface area (Å²) in [5.74, 6) is 0. The molecule has 0 spiro atoms. The standard InChI is InChI=1S/C13H16N4O2/c18-10-4-3-7-16(8-10)9-17-13(19)11-5-1-2-6-12(11)14-15-17/h1-2,5-6,10,18H,3-4,7-9H2/t10-/m1/s1. The van der Waals surface area contributed by atoms with Crippen LogP contribution in [0.15, 0.2) is 29.1 Å². The van der Waals surface area contributed by atoms with Gasteiger partial charge < -0.3 is 5.11 Å². The Kier molecular flexibility index (Phi) is 3.27. The van der Waals surface area contributed by atoms with Crippen molar-refractivity contribution in [3.8, 4) is 0 Å². The van der Waals surface area contributed by atoms with Crippen LogP contribution in [0.2, 0.25) is 0 Å². The summed E-state index contributed by atoms with van der Waals surface area (Å²) in [5.41, 5.74) is 0.480. The first kappa shape index (κ1) is 12.3. The Hall–Kier alpha value is -1.79. The average molecular weight is 260 g/mol. The molecule has 6 nitrogen and oxygen atoms in total. The summed E-state index contributed by atoms with van der Waals surface area (Å²) in [4.78, 5) is 14.3. The number of piperidine rings is 1. The van der Waals surface area contributed by atoms with E-state index < -0.39 is 0 Å². The number of hydrogen-bond donors (Lipinski definition) is 1. The second-order valence-electron chi connectivity index (χ2n) is 4.93. The highest BCUT2D eigenvalue weighted by molar-refractivity contribution is 5.76. The molecule has 100 valence electrons. The summed E-state index contributed by atoms with van der Waals surface area (Å²) < 4.78 is 1.36. The maximum atomic E-state index is 12.3. The molecule has 1 aliphatic heterocycles. The largest absolute Gasteiger partial charge is 0.392 e. The number of rotatable bonds is 2. The molecule has 0 bridgehead atoms. The molecular weight excluding hydrogens is 244 g/mol. The van der Waals surface area contributed by atoms with Gasteiger partial charge in [-0.2, -0.15) is 4.68 Å². The third-order valence-corrected chi connectivity index (χ3v) is 3.44. The minimum atomic E-state index is -0.308. The third-order valence-electron chi connectivity index (χ3n) is 3.44. The molecule has 2 heterocycles. The molecule has 0 aliphatic carbocycles. The quantitative estimate of drug-likeness (QED) is 0.835. The fourth-order valence-corrected chi connectivity index (χ4v) is 2.47. The van der Waals surface area contributed by atoms with Crippen molar-refractivity contribution < 1.29 is 5.11 Å². The van der Waals surface area contributed by atoms with Gasteiger partial charge in [0, 0.05) is 13.1 Å². The van der Waals surface area contributed by atoms with E-state index in [1.165, 1.54) is 4.68 Å². The van der Waals surface area contributed by atoms with Crippen LogP contribution in [0.5, 0.6) is 0 Å². The monoisotopic (exact) mass is 260 g/mol. The van der Waals surface area contributed by atoms with Crippen LogP contribution in [0.1, 0.15) is 12.8 Å². The molecule has 0 unspecified atom stereocenters. The summed E-state index contributed by atoms with van der Waals surface area (Å²) in [6.07, 6.45) is 1.46. The highest BCUT2D eigenvalue weighted by Gasteiger charge is 2.18. The summed E-state index contributed by atoms with van der Waals surface area (Å²) >= 11 is 0. The molecule has 0 radical (unpaired) electrons. The maximum absolute atomic E-state index is 12.3. The number of fused-ring (bicyclic) bond motifs is 1. The molecular formula is C13H16N4O2. The van der Waals surface area contributed by atoms with Crippen molar-refractivity contribution >= 4 is 10.9 Å². The molecule has 1 saturated heterocycles. The highest BCUT2D eigenvalue weighted by atomic mass is 16.3. The lowest BCUT2D eigenvalue weighted by molar-refractivity contribution is 0.0501. The van der Waals surface area contributed by atoms with Crippen molar-refractivity contribution in [1.29, 1.82) is 0 Å². The van der Waals surface area contributed by atoms with E-state index in [0.29, 0.717) is 24.1 Å². The van der Waals surface area contributed by atoms with Gasteiger partial charge in [0.1, 0.15) is 5.52 Å².